The lowest BCUT2D eigenvalue weighted by molar-refractivity contribution is -0.139. The third-order valence-electron chi connectivity index (χ3n) is 7.45. The Morgan fingerprint density at radius 1 is 0.875 bits per heavy atom. The van der Waals surface area contributed by atoms with Crippen molar-refractivity contribution < 1.29 is 14.4 Å². The van der Waals surface area contributed by atoms with Crippen molar-refractivity contribution in [3.8, 4) is 0 Å². The zero-order valence-corrected chi connectivity index (χ0v) is 19.4. The number of nitrogens with one attached hydrogen (secondary N) is 1. The van der Waals surface area contributed by atoms with E-state index in [4.69, 9.17) is 0 Å². The van der Waals surface area contributed by atoms with Crippen LogP contribution in [0.1, 0.15) is 69.8 Å². The SMILES string of the molecule is Cc1ccc(N2CC(C(=O)N3CCC(C(=O)NC4CCCCCCC4)CC3)CC2=O)cc1. The molecule has 0 radical (unpaired) electrons. The van der Waals surface area contributed by atoms with E-state index < -0.39 is 0 Å². The van der Waals surface area contributed by atoms with Crippen molar-refractivity contribution in [2.24, 2.45) is 11.8 Å². The lowest BCUT2D eigenvalue weighted by Crippen LogP contribution is -2.47. The molecule has 1 unspecified atom stereocenters. The molecule has 1 atom stereocenters. The van der Waals surface area contributed by atoms with E-state index in [1.54, 1.807) is 4.90 Å². The van der Waals surface area contributed by atoms with Gasteiger partial charge in [-0.3, -0.25) is 14.4 Å². The van der Waals surface area contributed by atoms with Crippen molar-refractivity contribution in [3.05, 3.63) is 29.8 Å². The number of piperidine rings is 1. The lowest BCUT2D eigenvalue weighted by Gasteiger charge is -2.33. The van der Waals surface area contributed by atoms with Crippen LogP contribution in [0.4, 0.5) is 5.69 Å². The van der Waals surface area contributed by atoms with Crippen LogP contribution in [0, 0.1) is 18.8 Å². The third kappa shape index (κ3) is 5.51. The van der Waals surface area contributed by atoms with Gasteiger partial charge in [-0.15, -0.1) is 0 Å². The second-order valence-corrected chi connectivity index (χ2v) is 9.89. The standard InChI is InChI=1S/C26H37N3O3/c1-19-9-11-23(12-10-19)29-18-21(17-24(29)30)26(32)28-15-13-20(14-16-28)25(31)27-22-7-5-3-2-4-6-8-22/h9-12,20-22H,2-8,13-18H2,1H3,(H,27,31). The molecular weight excluding hydrogens is 402 g/mol. The Hall–Kier alpha value is -2.37. The first kappa shape index (κ1) is 22.8. The molecule has 0 spiro atoms. The molecule has 0 aromatic heterocycles. The topological polar surface area (TPSA) is 69.7 Å². The van der Waals surface area contributed by atoms with Gasteiger partial charge in [-0.1, -0.05) is 49.8 Å². The lowest BCUT2D eigenvalue weighted by atomic mass is 9.92. The normalized spacial score (nSPS) is 23.7. The number of anilines is 1. The Balaban J connectivity index is 1.25. The number of carbonyl (C=O) groups is 3. The van der Waals surface area contributed by atoms with E-state index in [2.05, 4.69) is 5.32 Å². The van der Waals surface area contributed by atoms with Crippen LogP contribution in [-0.4, -0.2) is 48.3 Å². The van der Waals surface area contributed by atoms with Crippen molar-refractivity contribution in [1.82, 2.24) is 10.2 Å². The minimum absolute atomic E-state index is 0.00115. The van der Waals surface area contributed by atoms with E-state index in [9.17, 15) is 14.4 Å². The summed E-state index contributed by atoms with van der Waals surface area (Å²) in [4.78, 5) is 42.0. The second kappa shape index (κ2) is 10.5. The zero-order chi connectivity index (χ0) is 22.5. The van der Waals surface area contributed by atoms with Crippen molar-refractivity contribution in [2.45, 2.75) is 77.2 Å². The van der Waals surface area contributed by atoms with Crippen molar-refractivity contribution >= 4 is 23.4 Å². The predicted octanol–water partition coefficient (Wildman–Crippen LogP) is 3.82. The number of hydrogen-bond acceptors (Lipinski definition) is 3. The highest BCUT2D eigenvalue weighted by atomic mass is 16.2. The molecule has 0 bridgehead atoms. The van der Waals surface area contributed by atoms with Gasteiger partial charge in [0, 0.05) is 43.7 Å². The molecule has 4 rings (SSSR count). The second-order valence-electron chi connectivity index (χ2n) is 9.89. The summed E-state index contributed by atoms with van der Waals surface area (Å²) in [5.41, 5.74) is 2.01. The Morgan fingerprint density at radius 2 is 1.50 bits per heavy atom. The Labute approximate surface area is 191 Å². The minimum Gasteiger partial charge on any atom is -0.353 e. The monoisotopic (exact) mass is 439 g/mol. The summed E-state index contributed by atoms with van der Waals surface area (Å²) in [6.45, 7) is 3.68. The van der Waals surface area contributed by atoms with Crippen LogP contribution in [0.3, 0.4) is 0 Å². The van der Waals surface area contributed by atoms with Gasteiger partial charge in [0.05, 0.1) is 5.92 Å². The molecule has 6 nitrogen and oxygen atoms in total. The maximum absolute atomic E-state index is 13.1. The fourth-order valence-electron chi connectivity index (χ4n) is 5.39. The molecule has 1 N–H and O–H groups in total. The van der Waals surface area contributed by atoms with E-state index in [-0.39, 0.29) is 36.0 Å². The predicted molar refractivity (Wildman–Crippen MR) is 125 cm³/mol. The maximum atomic E-state index is 13.1. The highest BCUT2D eigenvalue weighted by Gasteiger charge is 2.38. The Morgan fingerprint density at radius 3 is 2.16 bits per heavy atom. The number of hydrogen-bond donors (Lipinski definition) is 1. The molecular formula is C26H37N3O3. The number of aryl methyl sites for hydroxylation is 1. The van der Waals surface area contributed by atoms with Gasteiger partial charge in [0.2, 0.25) is 17.7 Å². The van der Waals surface area contributed by atoms with Crippen molar-refractivity contribution in [2.75, 3.05) is 24.5 Å². The summed E-state index contributed by atoms with van der Waals surface area (Å²) in [6.07, 6.45) is 10.2. The van der Waals surface area contributed by atoms with E-state index in [0.717, 1.165) is 24.1 Å². The van der Waals surface area contributed by atoms with Crippen molar-refractivity contribution in [1.29, 1.82) is 0 Å². The average Bonchev–Trinajstić information content (AvgIpc) is 3.17. The molecule has 32 heavy (non-hydrogen) atoms. The van der Waals surface area contributed by atoms with Gasteiger partial charge in [-0.25, -0.2) is 0 Å². The number of likely N-dealkylation sites (tertiary alicyclic amines) is 1. The average molecular weight is 440 g/mol. The molecule has 2 saturated heterocycles. The maximum Gasteiger partial charge on any atom is 0.228 e. The third-order valence-corrected chi connectivity index (χ3v) is 7.45. The molecule has 1 aromatic carbocycles. The van der Waals surface area contributed by atoms with Gasteiger partial charge in [-0.05, 0) is 44.7 Å². The van der Waals surface area contributed by atoms with Gasteiger partial charge in [-0.2, -0.15) is 0 Å². The molecule has 2 aliphatic heterocycles. The summed E-state index contributed by atoms with van der Waals surface area (Å²) in [5, 5.41) is 3.30. The number of nitrogens with zero attached hydrogens (tertiary/aromatic N) is 2. The molecule has 1 aromatic rings. The molecule has 1 saturated carbocycles. The first-order valence-corrected chi connectivity index (χ1v) is 12.5. The number of carbonyl (C=O) groups excluding carboxylic acids is 3. The molecule has 3 amide bonds. The van der Waals surface area contributed by atoms with Crippen molar-refractivity contribution in [3.63, 3.8) is 0 Å². The first-order valence-electron chi connectivity index (χ1n) is 12.5. The van der Waals surface area contributed by atoms with Crippen LogP contribution >= 0.6 is 0 Å². The summed E-state index contributed by atoms with van der Waals surface area (Å²) < 4.78 is 0. The molecule has 3 fully saturated rings. The molecule has 2 heterocycles. The van der Waals surface area contributed by atoms with Gasteiger partial charge in [0.25, 0.3) is 0 Å². The van der Waals surface area contributed by atoms with E-state index in [0.29, 0.717) is 38.5 Å². The molecule has 1 aliphatic carbocycles. The number of rotatable bonds is 4. The highest BCUT2D eigenvalue weighted by Crippen LogP contribution is 2.28. The first-order chi connectivity index (χ1) is 15.5. The van der Waals surface area contributed by atoms with Gasteiger partial charge in [0.1, 0.15) is 0 Å². The van der Waals surface area contributed by atoms with Crippen LogP contribution in [0.2, 0.25) is 0 Å². The van der Waals surface area contributed by atoms with Crippen LogP contribution in [0.5, 0.6) is 0 Å². The largest absolute Gasteiger partial charge is 0.353 e. The summed E-state index contributed by atoms with van der Waals surface area (Å²) >= 11 is 0. The van der Waals surface area contributed by atoms with Crippen LogP contribution in [-0.2, 0) is 14.4 Å². The molecule has 6 heteroatoms. The van der Waals surface area contributed by atoms with E-state index >= 15 is 0 Å². The summed E-state index contributed by atoms with van der Waals surface area (Å²) in [5.74, 6) is -0.0420. The highest BCUT2D eigenvalue weighted by molar-refractivity contribution is 6.00. The van der Waals surface area contributed by atoms with E-state index in [1.807, 2.05) is 36.1 Å². The Bertz CT molecular complexity index is 806. The summed E-state index contributed by atoms with van der Waals surface area (Å²) in [7, 11) is 0. The zero-order valence-electron chi connectivity index (χ0n) is 19.4. The molecule has 3 aliphatic rings. The Kier molecular flexibility index (Phi) is 7.48. The van der Waals surface area contributed by atoms with E-state index in [1.165, 1.54) is 32.1 Å². The van der Waals surface area contributed by atoms with Crippen LogP contribution < -0.4 is 10.2 Å². The number of benzene rings is 1. The molecule has 174 valence electrons. The van der Waals surface area contributed by atoms with Crippen LogP contribution in [0.15, 0.2) is 24.3 Å². The smallest absolute Gasteiger partial charge is 0.228 e. The fourth-order valence-corrected chi connectivity index (χ4v) is 5.39. The summed E-state index contributed by atoms with van der Waals surface area (Å²) in [6, 6.07) is 8.19. The number of amides is 3. The van der Waals surface area contributed by atoms with Gasteiger partial charge in [0.15, 0.2) is 0 Å². The van der Waals surface area contributed by atoms with Gasteiger partial charge < -0.3 is 15.1 Å². The minimum atomic E-state index is -0.288. The van der Waals surface area contributed by atoms with Crippen LogP contribution in [0.25, 0.3) is 0 Å². The quantitative estimate of drug-likeness (QED) is 0.775. The van der Waals surface area contributed by atoms with Gasteiger partial charge >= 0.3 is 0 Å². The fraction of sp³-hybridized carbons (Fsp3) is 0.654.